The topological polar surface area (TPSA) is 78.9 Å². The van der Waals surface area contributed by atoms with Crippen LogP contribution < -0.4 is 0 Å². The van der Waals surface area contributed by atoms with Gasteiger partial charge in [-0.05, 0) is 38.5 Å². The molecule has 414 valence electrons. The molecule has 0 aromatic rings. The molecule has 0 aliphatic heterocycles. The molecule has 0 rings (SSSR count). The molecule has 0 saturated heterocycles. The van der Waals surface area contributed by atoms with Crippen molar-refractivity contribution in [1.82, 2.24) is 0 Å². The Morgan fingerprint density at radius 1 is 0.271 bits per heavy atom. The van der Waals surface area contributed by atoms with E-state index in [0.717, 1.165) is 64.2 Å². The highest BCUT2D eigenvalue weighted by Crippen LogP contribution is 2.18. The monoisotopic (exact) mass is 987 g/mol. The van der Waals surface area contributed by atoms with Crippen LogP contribution >= 0.6 is 0 Å². The lowest BCUT2D eigenvalue weighted by atomic mass is 10.0. The van der Waals surface area contributed by atoms with E-state index in [9.17, 15) is 14.4 Å². The molecule has 0 aromatic heterocycles. The van der Waals surface area contributed by atoms with Crippen LogP contribution in [0.5, 0.6) is 0 Å². The van der Waals surface area contributed by atoms with Gasteiger partial charge in [0.2, 0.25) is 0 Å². The summed E-state index contributed by atoms with van der Waals surface area (Å²) in [5.74, 6) is -0.850. The number of hydrogen-bond donors (Lipinski definition) is 0. The van der Waals surface area contributed by atoms with Crippen LogP contribution in [0.15, 0.2) is 12.2 Å². The predicted octanol–water partition coefficient (Wildman–Crippen LogP) is 21.3. The first-order chi connectivity index (χ1) is 34.5. The van der Waals surface area contributed by atoms with Gasteiger partial charge in [0.05, 0.1) is 0 Å². The highest BCUT2D eigenvalue weighted by molar-refractivity contribution is 5.71. The Bertz CT molecular complexity index is 1090. The van der Waals surface area contributed by atoms with Crippen LogP contribution in [0, 0.1) is 0 Å². The van der Waals surface area contributed by atoms with E-state index in [1.807, 2.05) is 0 Å². The molecule has 0 heterocycles. The fourth-order valence-corrected chi connectivity index (χ4v) is 9.72. The van der Waals surface area contributed by atoms with Crippen LogP contribution in [-0.2, 0) is 28.6 Å². The fraction of sp³-hybridized carbons (Fsp3) is 0.922. The van der Waals surface area contributed by atoms with Crippen molar-refractivity contribution in [2.24, 2.45) is 0 Å². The van der Waals surface area contributed by atoms with Crippen LogP contribution in [0.2, 0.25) is 0 Å². The number of carbonyl (C=O) groups is 3. The molecular weight excluding hydrogens is 865 g/mol. The van der Waals surface area contributed by atoms with Gasteiger partial charge in [0, 0.05) is 19.3 Å². The molecular formula is C64H122O6. The summed E-state index contributed by atoms with van der Waals surface area (Å²) in [6, 6.07) is 0. The molecule has 0 spiro atoms. The molecule has 6 heteroatoms. The van der Waals surface area contributed by atoms with Crippen molar-refractivity contribution in [2.45, 2.75) is 367 Å². The maximum absolute atomic E-state index is 12.9. The van der Waals surface area contributed by atoms with E-state index < -0.39 is 6.10 Å². The summed E-state index contributed by atoms with van der Waals surface area (Å²) in [7, 11) is 0. The summed E-state index contributed by atoms with van der Waals surface area (Å²) in [6.45, 7) is 6.66. The number of hydrogen-bond acceptors (Lipinski definition) is 6. The van der Waals surface area contributed by atoms with Gasteiger partial charge in [-0.2, -0.15) is 0 Å². The second-order valence-electron chi connectivity index (χ2n) is 21.7. The van der Waals surface area contributed by atoms with Crippen LogP contribution in [0.25, 0.3) is 0 Å². The number of unbranched alkanes of at least 4 members (excludes halogenated alkanes) is 46. The van der Waals surface area contributed by atoms with Gasteiger partial charge in [-0.1, -0.05) is 315 Å². The van der Waals surface area contributed by atoms with Crippen molar-refractivity contribution in [3.05, 3.63) is 12.2 Å². The zero-order chi connectivity index (χ0) is 50.7. The average Bonchev–Trinajstić information content (AvgIpc) is 3.36. The Morgan fingerprint density at radius 3 is 0.757 bits per heavy atom. The smallest absolute Gasteiger partial charge is 0.306 e. The predicted molar refractivity (Wildman–Crippen MR) is 303 cm³/mol. The molecule has 1 atom stereocenters. The maximum atomic E-state index is 12.9. The van der Waals surface area contributed by atoms with E-state index in [2.05, 4.69) is 32.9 Å². The standard InChI is InChI=1S/C64H122O6/c1-4-7-10-13-16-19-22-24-26-27-28-29-30-31-32-33-34-35-36-38-39-42-45-48-51-54-57-63(66)69-60-61(59-68-62(65)56-53-50-47-44-41-21-18-15-12-9-6-3)70-64(67)58-55-52-49-46-43-40-37-25-23-20-17-14-11-8-5-2/h15,18,61H,4-14,16-17,19-60H2,1-3H3/b18-15-. The Morgan fingerprint density at radius 2 is 0.486 bits per heavy atom. The number of rotatable bonds is 59. The largest absolute Gasteiger partial charge is 0.462 e. The minimum atomic E-state index is -0.768. The Balaban J connectivity index is 4.13. The highest BCUT2D eigenvalue weighted by atomic mass is 16.6. The van der Waals surface area contributed by atoms with E-state index in [4.69, 9.17) is 14.2 Å². The number of ether oxygens (including phenoxy) is 3. The summed E-state index contributed by atoms with van der Waals surface area (Å²) >= 11 is 0. The first-order valence-electron chi connectivity index (χ1n) is 31.7. The van der Waals surface area contributed by atoms with Gasteiger partial charge in [0.25, 0.3) is 0 Å². The van der Waals surface area contributed by atoms with E-state index in [-0.39, 0.29) is 31.1 Å². The van der Waals surface area contributed by atoms with Gasteiger partial charge in [0.1, 0.15) is 13.2 Å². The van der Waals surface area contributed by atoms with E-state index in [1.54, 1.807) is 0 Å². The molecule has 70 heavy (non-hydrogen) atoms. The van der Waals surface area contributed by atoms with E-state index in [1.165, 1.54) is 257 Å². The van der Waals surface area contributed by atoms with Gasteiger partial charge in [0.15, 0.2) is 6.10 Å². The summed E-state index contributed by atoms with van der Waals surface area (Å²) in [5.41, 5.74) is 0. The first-order valence-corrected chi connectivity index (χ1v) is 31.7. The molecule has 1 unspecified atom stereocenters. The minimum Gasteiger partial charge on any atom is -0.462 e. The minimum absolute atomic E-state index is 0.0664. The quantitative estimate of drug-likeness (QED) is 0.0261. The van der Waals surface area contributed by atoms with Crippen LogP contribution in [0.4, 0.5) is 0 Å². The lowest BCUT2D eigenvalue weighted by Gasteiger charge is -2.18. The molecule has 0 bridgehead atoms. The third kappa shape index (κ3) is 57.1. The number of esters is 3. The van der Waals surface area contributed by atoms with Crippen molar-refractivity contribution in [3.63, 3.8) is 0 Å². The molecule has 0 fully saturated rings. The maximum Gasteiger partial charge on any atom is 0.306 e. The molecule has 0 aliphatic carbocycles. The normalized spacial score (nSPS) is 12.0. The average molecular weight is 988 g/mol. The SMILES string of the molecule is CCCC/C=C\CCCCCCCC(=O)OCC(COC(=O)CCCCCCCCCCCCCCCCCCCCCCCCCCCC)OC(=O)CCCCCCCCCCCCCCCCC. The van der Waals surface area contributed by atoms with E-state index >= 15 is 0 Å². The molecule has 0 radical (unpaired) electrons. The first kappa shape index (κ1) is 68.2. The van der Waals surface area contributed by atoms with Crippen molar-refractivity contribution in [3.8, 4) is 0 Å². The number of allylic oxidation sites excluding steroid dienone is 2. The Labute approximate surface area is 437 Å². The van der Waals surface area contributed by atoms with Crippen molar-refractivity contribution >= 4 is 17.9 Å². The van der Waals surface area contributed by atoms with Crippen molar-refractivity contribution < 1.29 is 28.6 Å². The molecule has 0 amide bonds. The van der Waals surface area contributed by atoms with Gasteiger partial charge >= 0.3 is 17.9 Å². The molecule has 6 nitrogen and oxygen atoms in total. The van der Waals surface area contributed by atoms with E-state index in [0.29, 0.717) is 19.3 Å². The molecule has 0 N–H and O–H groups in total. The summed E-state index contributed by atoms with van der Waals surface area (Å²) in [5, 5.41) is 0. The Hall–Kier alpha value is -1.85. The zero-order valence-corrected chi connectivity index (χ0v) is 47.6. The zero-order valence-electron chi connectivity index (χ0n) is 47.6. The lowest BCUT2D eigenvalue weighted by Crippen LogP contribution is -2.30. The summed E-state index contributed by atoms with van der Waals surface area (Å²) in [6.07, 6.45) is 69.5. The fourth-order valence-electron chi connectivity index (χ4n) is 9.72. The Kier molecular flexibility index (Phi) is 58.1. The van der Waals surface area contributed by atoms with Gasteiger partial charge in [-0.25, -0.2) is 0 Å². The summed E-state index contributed by atoms with van der Waals surface area (Å²) < 4.78 is 16.9. The van der Waals surface area contributed by atoms with Crippen molar-refractivity contribution in [2.75, 3.05) is 13.2 Å². The lowest BCUT2D eigenvalue weighted by molar-refractivity contribution is -0.167. The third-order valence-corrected chi connectivity index (χ3v) is 14.5. The number of carbonyl (C=O) groups excluding carboxylic acids is 3. The van der Waals surface area contributed by atoms with Gasteiger partial charge in [-0.15, -0.1) is 0 Å². The van der Waals surface area contributed by atoms with Crippen LogP contribution in [-0.4, -0.2) is 37.2 Å². The second kappa shape index (κ2) is 59.7. The third-order valence-electron chi connectivity index (χ3n) is 14.5. The summed E-state index contributed by atoms with van der Waals surface area (Å²) in [4.78, 5) is 38.2. The highest BCUT2D eigenvalue weighted by Gasteiger charge is 2.19. The second-order valence-corrected chi connectivity index (χ2v) is 21.7. The van der Waals surface area contributed by atoms with Crippen LogP contribution in [0.1, 0.15) is 361 Å². The van der Waals surface area contributed by atoms with Crippen molar-refractivity contribution in [1.29, 1.82) is 0 Å². The molecule has 0 aromatic carbocycles. The van der Waals surface area contributed by atoms with Gasteiger partial charge < -0.3 is 14.2 Å². The molecule has 0 aliphatic rings. The molecule has 0 saturated carbocycles. The van der Waals surface area contributed by atoms with Gasteiger partial charge in [-0.3, -0.25) is 14.4 Å². The van der Waals surface area contributed by atoms with Crippen LogP contribution in [0.3, 0.4) is 0 Å².